The van der Waals surface area contributed by atoms with E-state index in [4.69, 9.17) is 4.74 Å². The number of likely N-dealkylation sites (tertiary alicyclic amines) is 1. The zero-order chi connectivity index (χ0) is 20.1. The first kappa shape index (κ1) is 20.9. The summed E-state index contributed by atoms with van der Waals surface area (Å²) < 4.78 is 32.6. The molecule has 3 nitrogen and oxygen atoms in total. The molecule has 0 amide bonds. The van der Waals surface area contributed by atoms with E-state index in [1.165, 1.54) is 30.7 Å². The van der Waals surface area contributed by atoms with Gasteiger partial charge in [-0.05, 0) is 53.6 Å². The third-order valence-electron chi connectivity index (χ3n) is 5.21. The lowest BCUT2D eigenvalue weighted by Crippen LogP contribution is -2.43. The van der Waals surface area contributed by atoms with Crippen molar-refractivity contribution in [2.45, 2.75) is 32.5 Å². The number of benzene rings is 2. The Labute approximate surface area is 165 Å². The van der Waals surface area contributed by atoms with Gasteiger partial charge in [0.25, 0.3) is 0 Å². The van der Waals surface area contributed by atoms with Crippen molar-refractivity contribution in [3.8, 4) is 0 Å². The van der Waals surface area contributed by atoms with Crippen LogP contribution in [0.5, 0.6) is 0 Å². The summed E-state index contributed by atoms with van der Waals surface area (Å²) in [7, 11) is 0. The van der Waals surface area contributed by atoms with Gasteiger partial charge in [0.15, 0.2) is 0 Å². The molecule has 0 saturated carbocycles. The Morgan fingerprint density at radius 2 is 1.39 bits per heavy atom. The SMILES string of the molecule is CC1CC(C)CN(CC(O)COC(c2ccc(F)cc2)c2ccc(F)cc2)C1. The number of piperidine rings is 1. The van der Waals surface area contributed by atoms with Gasteiger partial charge in [0.1, 0.15) is 17.7 Å². The zero-order valence-corrected chi connectivity index (χ0v) is 16.5. The summed E-state index contributed by atoms with van der Waals surface area (Å²) in [6.45, 7) is 7.17. The van der Waals surface area contributed by atoms with Gasteiger partial charge in [-0.25, -0.2) is 8.78 Å². The van der Waals surface area contributed by atoms with E-state index in [1.807, 2.05) is 0 Å². The molecule has 1 heterocycles. The van der Waals surface area contributed by atoms with Gasteiger partial charge in [0.2, 0.25) is 0 Å². The molecule has 0 spiro atoms. The van der Waals surface area contributed by atoms with Crippen molar-refractivity contribution < 1.29 is 18.6 Å². The highest BCUT2D eigenvalue weighted by Crippen LogP contribution is 2.27. The van der Waals surface area contributed by atoms with E-state index in [9.17, 15) is 13.9 Å². The molecule has 0 aliphatic carbocycles. The first-order valence-electron chi connectivity index (χ1n) is 9.93. The molecule has 28 heavy (non-hydrogen) atoms. The third-order valence-corrected chi connectivity index (χ3v) is 5.21. The van der Waals surface area contributed by atoms with Crippen molar-refractivity contribution in [2.24, 2.45) is 11.8 Å². The van der Waals surface area contributed by atoms with Crippen LogP contribution in [-0.2, 0) is 4.74 Å². The lowest BCUT2D eigenvalue weighted by atomic mass is 9.92. The first-order valence-corrected chi connectivity index (χ1v) is 9.93. The van der Waals surface area contributed by atoms with Crippen LogP contribution < -0.4 is 0 Å². The number of nitrogens with zero attached hydrogens (tertiary/aromatic N) is 1. The van der Waals surface area contributed by atoms with Crippen LogP contribution in [0.15, 0.2) is 48.5 Å². The predicted octanol–water partition coefficient (Wildman–Crippen LogP) is 4.41. The Balaban J connectivity index is 1.65. The highest BCUT2D eigenvalue weighted by molar-refractivity contribution is 5.30. The van der Waals surface area contributed by atoms with Crippen LogP contribution in [0.4, 0.5) is 8.78 Å². The molecule has 0 aromatic heterocycles. The summed E-state index contributed by atoms with van der Waals surface area (Å²) in [5.74, 6) is 0.607. The van der Waals surface area contributed by atoms with Crippen molar-refractivity contribution in [1.82, 2.24) is 4.90 Å². The number of hydrogen-bond donors (Lipinski definition) is 1. The molecule has 1 aliphatic rings. The number of ether oxygens (including phenoxy) is 1. The highest BCUT2D eigenvalue weighted by Gasteiger charge is 2.24. The maximum atomic E-state index is 13.3. The lowest BCUT2D eigenvalue weighted by Gasteiger charge is -2.36. The standard InChI is InChI=1S/C23H29F2NO2/c1-16-11-17(2)13-26(12-16)14-22(27)15-28-23(18-3-7-20(24)8-4-18)19-5-9-21(25)10-6-19/h3-10,16-17,22-23,27H,11-15H2,1-2H3. The van der Waals surface area contributed by atoms with E-state index in [0.29, 0.717) is 18.4 Å². The fourth-order valence-corrected chi connectivity index (χ4v) is 4.16. The molecule has 0 radical (unpaired) electrons. The Morgan fingerprint density at radius 1 is 0.929 bits per heavy atom. The van der Waals surface area contributed by atoms with E-state index in [2.05, 4.69) is 18.7 Å². The number of rotatable bonds is 7. The van der Waals surface area contributed by atoms with Crippen molar-refractivity contribution >= 4 is 0 Å². The van der Waals surface area contributed by atoms with E-state index in [-0.39, 0.29) is 18.2 Å². The second kappa shape index (κ2) is 9.59. The Morgan fingerprint density at radius 3 is 1.86 bits per heavy atom. The number of aliphatic hydroxyl groups excluding tert-OH is 1. The van der Waals surface area contributed by atoms with Crippen LogP contribution in [-0.4, -0.2) is 42.4 Å². The van der Waals surface area contributed by atoms with Crippen LogP contribution in [0.3, 0.4) is 0 Å². The van der Waals surface area contributed by atoms with Crippen LogP contribution in [0, 0.1) is 23.5 Å². The molecule has 152 valence electrons. The lowest BCUT2D eigenvalue weighted by molar-refractivity contribution is -0.0164. The fraction of sp³-hybridized carbons (Fsp3) is 0.478. The van der Waals surface area contributed by atoms with E-state index in [1.54, 1.807) is 24.3 Å². The molecule has 1 aliphatic heterocycles. The summed E-state index contributed by atoms with van der Waals surface area (Å²) in [5.41, 5.74) is 1.53. The predicted molar refractivity (Wildman–Crippen MR) is 106 cm³/mol. The summed E-state index contributed by atoms with van der Waals surface area (Å²) in [6.07, 6.45) is 0.108. The molecule has 3 atom stereocenters. The second-order valence-electron chi connectivity index (χ2n) is 8.13. The average Bonchev–Trinajstić information content (AvgIpc) is 2.64. The summed E-state index contributed by atoms with van der Waals surface area (Å²) >= 11 is 0. The topological polar surface area (TPSA) is 32.7 Å². The van der Waals surface area contributed by atoms with Gasteiger partial charge in [-0.3, -0.25) is 0 Å². The smallest absolute Gasteiger partial charge is 0.123 e. The van der Waals surface area contributed by atoms with Gasteiger partial charge in [-0.15, -0.1) is 0 Å². The van der Waals surface area contributed by atoms with Crippen molar-refractivity contribution in [3.63, 3.8) is 0 Å². The van der Waals surface area contributed by atoms with Crippen LogP contribution in [0.1, 0.15) is 37.5 Å². The van der Waals surface area contributed by atoms with E-state index in [0.717, 1.165) is 24.2 Å². The number of aliphatic hydroxyl groups is 1. The van der Waals surface area contributed by atoms with Gasteiger partial charge in [0.05, 0.1) is 12.7 Å². The monoisotopic (exact) mass is 389 g/mol. The van der Waals surface area contributed by atoms with E-state index < -0.39 is 12.2 Å². The molecule has 2 aromatic rings. The molecule has 1 saturated heterocycles. The minimum Gasteiger partial charge on any atom is -0.389 e. The molecular weight excluding hydrogens is 360 g/mol. The summed E-state index contributed by atoms with van der Waals surface area (Å²) in [6, 6.07) is 12.1. The zero-order valence-electron chi connectivity index (χ0n) is 16.5. The normalized spacial score (nSPS) is 21.8. The average molecular weight is 389 g/mol. The quantitative estimate of drug-likeness (QED) is 0.761. The van der Waals surface area contributed by atoms with Gasteiger partial charge in [0, 0.05) is 19.6 Å². The van der Waals surface area contributed by atoms with Gasteiger partial charge >= 0.3 is 0 Å². The molecule has 3 unspecified atom stereocenters. The largest absolute Gasteiger partial charge is 0.389 e. The molecule has 5 heteroatoms. The van der Waals surface area contributed by atoms with Crippen molar-refractivity contribution in [3.05, 3.63) is 71.3 Å². The van der Waals surface area contributed by atoms with Gasteiger partial charge in [-0.1, -0.05) is 38.1 Å². The van der Waals surface area contributed by atoms with Crippen LogP contribution in [0.2, 0.25) is 0 Å². The van der Waals surface area contributed by atoms with Crippen LogP contribution >= 0.6 is 0 Å². The van der Waals surface area contributed by atoms with Gasteiger partial charge in [-0.2, -0.15) is 0 Å². The summed E-state index contributed by atoms with van der Waals surface area (Å²) in [4.78, 5) is 2.29. The number of hydrogen-bond acceptors (Lipinski definition) is 3. The fourth-order valence-electron chi connectivity index (χ4n) is 4.16. The summed E-state index contributed by atoms with van der Waals surface area (Å²) in [5, 5.41) is 10.5. The van der Waals surface area contributed by atoms with Crippen LogP contribution in [0.25, 0.3) is 0 Å². The molecule has 3 rings (SSSR count). The second-order valence-corrected chi connectivity index (χ2v) is 8.13. The maximum Gasteiger partial charge on any atom is 0.123 e. The van der Waals surface area contributed by atoms with Crippen molar-refractivity contribution in [2.75, 3.05) is 26.2 Å². The Hall–Kier alpha value is -1.82. The highest BCUT2D eigenvalue weighted by atomic mass is 19.1. The Bertz CT molecular complexity index is 680. The molecule has 0 bridgehead atoms. The number of halogens is 2. The van der Waals surface area contributed by atoms with E-state index >= 15 is 0 Å². The Kier molecular flexibility index (Phi) is 7.16. The maximum absolute atomic E-state index is 13.3. The molecule has 1 N–H and O–H groups in total. The van der Waals surface area contributed by atoms with Crippen molar-refractivity contribution in [1.29, 1.82) is 0 Å². The minimum absolute atomic E-state index is 0.151. The third kappa shape index (κ3) is 5.84. The molecule has 1 fully saturated rings. The minimum atomic E-state index is -0.624. The first-order chi connectivity index (χ1) is 13.4. The van der Waals surface area contributed by atoms with Gasteiger partial charge < -0.3 is 14.7 Å². The molecule has 2 aromatic carbocycles. The number of β-amino-alcohol motifs (C(OH)–C–C–N with tert-alkyl or cyclic N) is 1. The molecular formula is C23H29F2NO2.